The van der Waals surface area contributed by atoms with Crippen molar-refractivity contribution in [3.05, 3.63) is 11.3 Å². The highest BCUT2D eigenvalue weighted by Crippen LogP contribution is 2.24. The van der Waals surface area contributed by atoms with E-state index >= 15 is 0 Å². The van der Waals surface area contributed by atoms with Crippen molar-refractivity contribution < 1.29 is 33.3 Å². The van der Waals surface area contributed by atoms with Crippen LogP contribution in [0.15, 0.2) is 11.3 Å². The first-order valence-corrected chi connectivity index (χ1v) is 5.91. The molecule has 1 rings (SSSR count). The zero-order chi connectivity index (χ0) is 14.4. The quantitative estimate of drug-likeness (QED) is 0.508. The van der Waals surface area contributed by atoms with E-state index in [4.69, 9.17) is 14.2 Å². The van der Waals surface area contributed by atoms with Crippen molar-refractivity contribution in [1.82, 2.24) is 0 Å². The largest absolute Gasteiger partial charge is 0.474 e. The third-order valence-corrected chi connectivity index (χ3v) is 2.26. The summed E-state index contributed by atoms with van der Waals surface area (Å²) >= 11 is 0. The van der Waals surface area contributed by atoms with Crippen molar-refractivity contribution in [1.29, 1.82) is 0 Å². The third kappa shape index (κ3) is 3.70. The molecule has 0 radical (unpaired) electrons. The van der Waals surface area contributed by atoms with E-state index in [9.17, 15) is 14.4 Å². The topological polar surface area (TPSA) is 88.1 Å². The van der Waals surface area contributed by atoms with Crippen LogP contribution in [0.3, 0.4) is 0 Å². The number of carbonyl (C=O) groups is 3. The van der Waals surface area contributed by atoms with Crippen LogP contribution >= 0.6 is 0 Å². The van der Waals surface area contributed by atoms with Gasteiger partial charge in [-0.05, 0) is 20.8 Å². The van der Waals surface area contributed by atoms with Gasteiger partial charge in [-0.15, -0.1) is 0 Å². The molecule has 1 aliphatic rings. The Hall–Kier alpha value is -2.05. The predicted octanol–water partition coefficient (Wildman–Crippen LogP) is 0.329. The lowest BCUT2D eigenvalue weighted by Crippen LogP contribution is -2.18. The summed E-state index contributed by atoms with van der Waals surface area (Å²) in [5.41, 5.74) is -0.0175. The van der Waals surface area contributed by atoms with Crippen molar-refractivity contribution in [3.8, 4) is 0 Å². The average Bonchev–Trinajstić information content (AvgIpc) is 2.62. The first-order valence-electron chi connectivity index (χ1n) is 5.91. The van der Waals surface area contributed by atoms with Gasteiger partial charge >= 0.3 is 17.9 Å². The molecule has 19 heavy (non-hydrogen) atoms. The van der Waals surface area contributed by atoms with Crippen LogP contribution in [-0.2, 0) is 33.3 Å². The molecule has 7 nitrogen and oxygen atoms in total. The number of esters is 3. The number of hydrogen-bond donors (Lipinski definition) is 0. The Balaban J connectivity index is 2.81. The summed E-state index contributed by atoms with van der Waals surface area (Å²) < 4.78 is 19.3. The Morgan fingerprint density at radius 2 is 1.84 bits per heavy atom. The van der Waals surface area contributed by atoms with Gasteiger partial charge in [-0.1, -0.05) is 0 Å². The molecule has 0 bridgehead atoms. The molecule has 0 aromatic carbocycles. The monoisotopic (exact) mass is 272 g/mol. The Kier molecular flexibility index (Phi) is 5.35. The van der Waals surface area contributed by atoms with Crippen LogP contribution in [0.4, 0.5) is 0 Å². The molecule has 0 fully saturated rings. The molecule has 1 heterocycles. The molecule has 0 N–H and O–H groups in total. The zero-order valence-electron chi connectivity index (χ0n) is 11.1. The normalized spacial score (nSPS) is 18.1. The maximum absolute atomic E-state index is 11.7. The van der Waals surface area contributed by atoms with Gasteiger partial charge in [0.1, 0.15) is 11.7 Å². The second-order valence-corrected chi connectivity index (χ2v) is 3.60. The molecule has 0 aliphatic carbocycles. The van der Waals surface area contributed by atoms with E-state index in [0.717, 1.165) is 0 Å². The van der Waals surface area contributed by atoms with Gasteiger partial charge in [-0.25, -0.2) is 14.4 Å². The minimum absolute atomic E-state index is 0.0175. The van der Waals surface area contributed by atoms with E-state index in [1.165, 1.54) is 6.92 Å². The maximum atomic E-state index is 11.7. The molecule has 0 amide bonds. The predicted molar refractivity (Wildman–Crippen MR) is 61.8 cm³/mol. The minimum atomic E-state index is -0.792. The Bertz CT molecular complexity index is 410. The number of rotatable bonds is 6. The van der Waals surface area contributed by atoms with Gasteiger partial charge < -0.3 is 18.9 Å². The molecule has 1 unspecified atom stereocenters. The van der Waals surface area contributed by atoms with E-state index in [0.29, 0.717) is 0 Å². The first kappa shape index (κ1) is 15.0. The van der Waals surface area contributed by atoms with E-state index < -0.39 is 30.6 Å². The molecular weight excluding hydrogens is 256 g/mol. The fraction of sp³-hybridized carbons (Fsp3) is 0.583. The molecule has 0 aromatic heterocycles. The lowest BCUT2D eigenvalue weighted by molar-refractivity contribution is -0.149. The van der Waals surface area contributed by atoms with Crippen molar-refractivity contribution in [2.75, 3.05) is 19.8 Å². The lowest BCUT2D eigenvalue weighted by atomic mass is 10.1. The lowest BCUT2D eigenvalue weighted by Gasteiger charge is -2.07. The van der Waals surface area contributed by atoms with Gasteiger partial charge in [0.15, 0.2) is 6.61 Å². The molecule has 0 saturated heterocycles. The summed E-state index contributed by atoms with van der Waals surface area (Å²) in [5, 5.41) is 0. The summed E-state index contributed by atoms with van der Waals surface area (Å²) in [5.74, 6) is -2.41. The summed E-state index contributed by atoms with van der Waals surface area (Å²) in [6, 6.07) is 0. The van der Waals surface area contributed by atoms with Crippen LogP contribution in [-0.4, -0.2) is 43.8 Å². The van der Waals surface area contributed by atoms with E-state index in [1.54, 1.807) is 13.8 Å². The van der Waals surface area contributed by atoms with Crippen LogP contribution in [0.2, 0.25) is 0 Å². The van der Waals surface area contributed by atoms with Gasteiger partial charge in [-0.2, -0.15) is 0 Å². The fourth-order valence-electron chi connectivity index (χ4n) is 1.51. The van der Waals surface area contributed by atoms with Crippen LogP contribution in [0.5, 0.6) is 0 Å². The summed E-state index contributed by atoms with van der Waals surface area (Å²) in [7, 11) is 0. The first-order chi connectivity index (χ1) is 9.01. The van der Waals surface area contributed by atoms with Crippen LogP contribution in [0, 0.1) is 0 Å². The Morgan fingerprint density at radius 1 is 1.21 bits per heavy atom. The smallest absolute Gasteiger partial charge is 0.374 e. The Morgan fingerprint density at radius 3 is 2.42 bits per heavy atom. The zero-order valence-corrected chi connectivity index (χ0v) is 11.1. The second kappa shape index (κ2) is 6.77. The summed E-state index contributed by atoms with van der Waals surface area (Å²) in [6.07, 6.45) is -0.760. The third-order valence-electron chi connectivity index (χ3n) is 2.26. The van der Waals surface area contributed by atoms with Crippen molar-refractivity contribution >= 4 is 17.9 Å². The molecule has 1 aliphatic heterocycles. The molecule has 106 valence electrons. The molecule has 1 atom stereocenters. The van der Waals surface area contributed by atoms with Gasteiger partial charge in [0.2, 0.25) is 5.76 Å². The van der Waals surface area contributed by atoms with Crippen molar-refractivity contribution in [2.45, 2.75) is 26.9 Å². The summed E-state index contributed by atoms with van der Waals surface area (Å²) in [6.45, 7) is 4.70. The second-order valence-electron chi connectivity index (χ2n) is 3.60. The highest BCUT2D eigenvalue weighted by Gasteiger charge is 2.38. The van der Waals surface area contributed by atoms with Gasteiger partial charge in [0.05, 0.1) is 13.2 Å². The van der Waals surface area contributed by atoms with Crippen LogP contribution in [0.1, 0.15) is 20.8 Å². The van der Waals surface area contributed by atoms with E-state index in [-0.39, 0.29) is 24.5 Å². The van der Waals surface area contributed by atoms with Crippen LogP contribution in [0.25, 0.3) is 0 Å². The van der Waals surface area contributed by atoms with Crippen molar-refractivity contribution in [3.63, 3.8) is 0 Å². The molecule has 0 saturated carbocycles. The van der Waals surface area contributed by atoms with E-state index in [2.05, 4.69) is 4.74 Å². The highest BCUT2D eigenvalue weighted by molar-refractivity contribution is 6.03. The van der Waals surface area contributed by atoms with Gasteiger partial charge in [0.25, 0.3) is 0 Å². The minimum Gasteiger partial charge on any atom is -0.474 e. The fourth-order valence-corrected chi connectivity index (χ4v) is 1.51. The molecular formula is C12H16O7. The molecule has 0 aromatic rings. The number of carbonyl (C=O) groups excluding carboxylic acids is 3. The average molecular weight is 272 g/mol. The summed E-state index contributed by atoms with van der Waals surface area (Å²) in [4.78, 5) is 34.3. The number of cyclic esters (lactones) is 1. The SMILES string of the molecule is CCOC(=O)COC1=C(C(=O)OCC)C(C)OC1=O. The molecule has 7 heteroatoms. The Labute approximate surface area is 110 Å². The number of ether oxygens (including phenoxy) is 4. The number of hydrogen-bond acceptors (Lipinski definition) is 7. The van der Waals surface area contributed by atoms with Gasteiger partial charge in [-0.3, -0.25) is 0 Å². The maximum Gasteiger partial charge on any atom is 0.374 e. The van der Waals surface area contributed by atoms with Gasteiger partial charge in [0, 0.05) is 0 Å². The highest BCUT2D eigenvalue weighted by atomic mass is 16.6. The molecule has 0 spiro atoms. The van der Waals surface area contributed by atoms with Crippen molar-refractivity contribution in [2.24, 2.45) is 0 Å². The van der Waals surface area contributed by atoms with Crippen LogP contribution < -0.4 is 0 Å². The standard InChI is InChI=1S/C12H16O7/c1-4-16-8(13)6-18-10-9(11(14)17-5-2)7(3)19-12(10)15/h7H,4-6H2,1-3H3. The van der Waals surface area contributed by atoms with E-state index in [1.807, 2.05) is 0 Å².